The average molecular weight is 332 g/mol. The van der Waals surface area contributed by atoms with Crippen molar-refractivity contribution in [2.75, 3.05) is 6.61 Å². The third-order valence-corrected chi connectivity index (χ3v) is 4.47. The zero-order chi connectivity index (χ0) is 16.8. The lowest BCUT2D eigenvalue weighted by molar-refractivity contribution is -0.667. The van der Waals surface area contributed by atoms with Crippen LogP contribution in [0.2, 0.25) is 0 Å². The van der Waals surface area contributed by atoms with Crippen molar-refractivity contribution in [3.05, 3.63) is 46.7 Å². The van der Waals surface area contributed by atoms with Gasteiger partial charge in [-0.1, -0.05) is 17.4 Å². The maximum atomic E-state index is 10.9. The van der Waals surface area contributed by atoms with Gasteiger partial charge in [0, 0.05) is 12.1 Å². The van der Waals surface area contributed by atoms with E-state index in [1.54, 1.807) is 17.6 Å². The van der Waals surface area contributed by atoms with E-state index in [0.717, 1.165) is 16.1 Å². The first-order valence-corrected chi connectivity index (χ1v) is 8.44. The van der Waals surface area contributed by atoms with E-state index in [9.17, 15) is 4.79 Å². The highest BCUT2D eigenvalue weighted by atomic mass is 32.1. The van der Waals surface area contributed by atoms with Crippen molar-refractivity contribution in [1.29, 1.82) is 0 Å². The molecule has 0 bridgehead atoms. The van der Waals surface area contributed by atoms with E-state index in [0.29, 0.717) is 13.2 Å². The van der Waals surface area contributed by atoms with E-state index in [2.05, 4.69) is 29.7 Å². The van der Waals surface area contributed by atoms with Gasteiger partial charge < -0.3 is 9.84 Å². The number of hydrogen-bond acceptors (Lipinski definition) is 3. The largest absolute Gasteiger partial charge is 0.501 e. The Bertz CT molecular complexity index is 759. The molecule has 0 atom stereocenters. The van der Waals surface area contributed by atoms with E-state index in [1.807, 2.05) is 26.0 Å². The first kappa shape index (κ1) is 17.2. The molecule has 5 heteroatoms. The van der Waals surface area contributed by atoms with Crippen LogP contribution in [0.1, 0.15) is 30.8 Å². The summed E-state index contributed by atoms with van der Waals surface area (Å²) in [6, 6.07) is 6.25. The van der Waals surface area contributed by atoms with Gasteiger partial charge in [-0.15, -0.1) is 0 Å². The number of carboxylic acids is 1. The number of ether oxygens (including phenoxy) is 1. The van der Waals surface area contributed by atoms with Crippen molar-refractivity contribution >= 4 is 33.6 Å². The Balaban J connectivity index is 2.38. The lowest BCUT2D eigenvalue weighted by Gasteiger charge is -1.96. The molecule has 0 unspecified atom stereocenters. The number of nitrogens with zero attached hydrogens (tertiary/aromatic N) is 1. The molecule has 0 fully saturated rings. The van der Waals surface area contributed by atoms with Crippen LogP contribution in [-0.2, 0) is 16.1 Å². The molecule has 0 radical (unpaired) electrons. The zero-order valence-corrected chi connectivity index (χ0v) is 14.5. The van der Waals surface area contributed by atoms with Gasteiger partial charge in [0.2, 0.25) is 5.52 Å². The van der Waals surface area contributed by atoms with E-state index in [4.69, 9.17) is 9.84 Å². The van der Waals surface area contributed by atoms with Crippen LogP contribution in [0.3, 0.4) is 0 Å². The predicted octanol–water partition coefficient (Wildman–Crippen LogP) is 3.93. The number of aliphatic carboxylic acids is 1. The van der Waals surface area contributed by atoms with Crippen LogP contribution in [0.25, 0.3) is 16.3 Å². The Labute approximate surface area is 140 Å². The number of thiazole rings is 1. The van der Waals surface area contributed by atoms with Gasteiger partial charge in [0.25, 0.3) is 5.01 Å². The molecular weight excluding hydrogens is 310 g/mol. The maximum absolute atomic E-state index is 10.9. The summed E-state index contributed by atoms with van der Waals surface area (Å²) in [4.78, 5) is 10.9. The fourth-order valence-electron chi connectivity index (χ4n) is 2.23. The van der Waals surface area contributed by atoms with Gasteiger partial charge in [-0.3, -0.25) is 4.79 Å². The molecule has 1 aromatic carbocycles. The first-order valence-electron chi connectivity index (χ1n) is 7.62. The number of carbonyl (C=O) groups is 1. The highest BCUT2D eigenvalue weighted by molar-refractivity contribution is 7.18. The maximum Gasteiger partial charge on any atom is 0.309 e. The lowest BCUT2D eigenvalue weighted by Crippen LogP contribution is -2.36. The van der Waals surface area contributed by atoms with Crippen LogP contribution in [0.15, 0.2) is 36.1 Å². The van der Waals surface area contributed by atoms with Crippen molar-refractivity contribution < 1.29 is 19.2 Å². The van der Waals surface area contributed by atoms with E-state index in [1.165, 1.54) is 10.3 Å². The highest BCUT2D eigenvalue weighted by Crippen LogP contribution is 2.23. The minimum absolute atomic E-state index is 0.110. The zero-order valence-electron chi connectivity index (χ0n) is 13.7. The molecule has 0 aliphatic carbocycles. The summed E-state index contributed by atoms with van der Waals surface area (Å²) >= 11 is 1.67. The van der Waals surface area contributed by atoms with Crippen molar-refractivity contribution in [3.8, 4) is 0 Å². The fraction of sp³-hybridized carbons (Fsp3) is 0.333. The van der Waals surface area contributed by atoms with Crippen LogP contribution in [0.5, 0.6) is 0 Å². The Hall–Kier alpha value is -2.14. The van der Waals surface area contributed by atoms with Crippen LogP contribution >= 0.6 is 11.3 Å². The lowest BCUT2D eigenvalue weighted by atomic mass is 10.2. The summed E-state index contributed by atoms with van der Waals surface area (Å²) in [6.07, 6.45) is 5.85. The molecule has 1 aromatic heterocycles. The average Bonchev–Trinajstić information content (AvgIpc) is 2.85. The van der Waals surface area contributed by atoms with E-state index < -0.39 is 5.97 Å². The van der Waals surface area contributed by atoms with Gasteiger partial charge in [0.1, 0.15) is 11.1 Å². The van der Waals surface area contributed by atoms with E-state index >= 15 is 0 Å². The highest BCUT2D eigenvalue weighted by Gasteiger charge is 2.19. The van der Waals surface area contributed by atoms with Crippen molar-refractivity contribution in [3.63, 3.8) is 0 Å². The number of aryl methyl sites for hydroxylation is 2. The molecule has 23 heavy (non-hydrogen) atoms. The molecule has 2 rings (SSSR count). The quantitative estimate of drug-likeness (QED) is 0.475. The molecule has 0 saturated heterocycles. The number of hydrogen-bond donors (Lipinski definition) is 1. The molecule has 0 amide bonds. The van der Waals surface area contributed by atoms with Crippen molar-refractivity contribution in [2.45, 2.75) is 33.7 Å². The Morgan fingerprint density at radius 3 is 2.91 bits per heavy atom. The minimum Gasteiger partial charge on any atom is -0.501 e. The van der Waals surface area contributed by atoms with Gasteiger partial charge in [-0.2, -0.15) is 4.57 Å². The molecule has 2 aromatic rings. The number of rotatable bonds is 7. The van der Waals surface area contributed by atoms with Gasteiger partial charge in [-0.05, 0) is 44.1 Å². The number of carboxylic acid groups (broad SMARTS) is 1. The van der Waals surface area contributed by atoms with Crippen LogP contribution in [0, 0.1) is 6.92 Å². The molecule has 0 spiro atoms. The molecule has 1 heterocycles. The topological polar surface area (TPSA) is 50.4 Å². The van der Waals surface area contributed by atoms with Gasteiger partial charge in [0.05, 0.1) is 12.9 Å². The van der Waals surface area contributed by atoms with Gasteiger partial charge in [-0.25, -0.2) is 0 Å². The monoisotopic (exact) mass is 332 g/mol. The first-order chi connectivity index (χ1) is 11.0. The normalized spacial score (nSPS) is 12.2. The second-order valence-corrected chi connectivity index (χ2v) is 6.42. The van der Waals surface area contributed by atoms with E-state index in [-0.39, 0.29) is 6.42 Å². The summed E-state index contributed by atoms with van der Waals surface area (Å²) in [5.74, 6) is -0.786. The molecule has 1 N–H and O–H groups in total. The third kappa shape index (κ3) is 4.66. The minimum atomic E-state index is -0.786. The third-order valence-electron chi connectivity index (χ3n) is 3.36. The second kappa shape index (κ2) is 7.92. The molecule has 4 nitrogen and oxygen atoms in total. The molecule has 0 saturated carbocycles. The van der Waals surface area contributed by atoms with Crippen LogP contribution in [0.4, 0.5) is 0 Å². The smallest absolute Gasteiger partial charge is 0.309 e. The molecular formula is C18H22NO3S+. The number of fused-ring (bicyclic) bond motifs is 1. The Kier molecular flexibility index (Phi) is 5.93. The summed E-state index contributed by atoms with van der Waals surface area (Å²) in [7, 11) is 0. The number of aromatic nitrogens is 1. The number of benzene rings is 1. The van der Waals surface area contributed by atoms with Crippen LogP contribution < -0.4 is 4.57 Å². The molecule has 122 valence electrons. The number of allylic oxidation sites excluding steroid dienone is 2. The van der Waals surface area contributed by atoms with Gasteiger partial charge >= 0.3 is 5.97 Å². The predicted molar refractivity (Wildman–Crippen MR) is 93.4 cm³/mol. The fourth-order valence-corrected chi connectivity index (χ4v) is 3.42. The van der Waals surface area contributed by atoms with Crippen LogP contribution in [-0.4, -0.2) is 17.7 Å². The summed E-state index contributed by atoms with van der Waals surface area (Å²) < 4.78 is 8.51. The van der Waals surface area contributed by atoms with Crippen molar-refractivity contribution in [1.82, 2.24) is 0 Å². The SMILES string of the molecule is CCO/C=C(C)/C=C/c1sc2cc(C)ccc2[n+]1CCC(=O)O. The molecule has 0 aliphatic heterocycles. The summed E-state index contributed by atoms with van der Waals surface area (Å²) in [6.45, 7) is 7.09. The standard InChI is InChI=1S/C18H21NO3S/c1-4-22-12-14(3)6-8-17-19(10-9-18(20)21)15-7-5-13(2)11-16(15)23-17/h5-8,11-12H,4,9-10H2,1-3H3/p+1/b8-6+,14-12+. The summed E-state index contributed by atoms with van der Waals surface area (Å²) in [5.41, 5.74) is 3.30. The van der Waals surface area contributed by atoms with Gasteiger partial charge in [0.15, 0.2) is 6.54 Å². The molecule has 0 aliphatic rings. The van der Waals surface area contributed by atoms with Crippen molar-refractivity contribution in [2.24, 2.45) is 0 Å². The Morgan fingerprint density at radius 1 is 1.43 bits per heavy atom. The summed E-state index contributed by atoms with van der Waals surface area (Å²) in [5, 5.41) is 10.0. The second-order valence-electron chi connectivity index (χ2n) is 5.36. The Morgan fingerprint density at radius 2 is 2.22 bits per heavy atom.